The van der Waals surface area contributed by atoms with Crippen LogP contribution in [0.25, 0.3) is 0 Å². The number of amides is 1. The van der Waals surface area contributed by atoms with Crippen molar-refractivity contribution in [3.05, 3.63) is 35.4 Å². The Labute approximate surface area is 138 Å². The van der Waals surface area contributed by atoms with Crippen molar-refractivity contribution in [2.45, 2.75) is 32.4 Å². The van der Waals surface area contributed by atoms with Crippen molar-refractivity contribution in [2.24, 2.45) is 11.8 Å². The molecule has 7 heteroatoms. The second-order valence-corrected chi connectivity index (χ2v) is 6.74. The number of likely N-dealkylation sites (tertiary alicyclic amines) is 1. The summed E-state index contributed by atoms with van der Waals surface area (Å²) in [5.41, 5.74) is 0.545. The van der Waals surface area contributed by atoms with E-state index in [1.165, 1.54) is 0 Å². The third-order valence-corrected chi connectivity index (χ3v) is 4.70. The molecule has 2 atom stereocenters. The summed E-state index contributed by atoms with van der Waals surface area (Å²) >= 11 is 0. The minimum absolute atomic E-state index is 0.423. The lowest BCUT2D eigenvalue weighted by molar-refractivity contribution is -0.188. The Morgan fingerprint density at radius 3 is 2.21 bits per heavy atom. The number of aliphatic carboxylic acids is 1. The molecule has 0 aromatic heterocycles. The van der Waals surface area contributed by atoms with Crippen LogP contribution in [-0.2, 0) is 15.0 Å². The molecule has 132 valence electrons. The number of carboxylic acid groups (broad SMARTS) is 1. The summed E-state index contributed by atoms with van der Waals surface area (Å²) < 4.78 is 39.3. The molecule has 1 aromatic rings. The van der Waals surface area contributed by atoms with E-state index in [1.54, 1.807) is 26.0 Å². The maximum Gasteiger partial charge on any atom is 0.394 e. The molecule has 1 aliphatic rings. The molecule has 4 nitrogen and oxygen atoms in total. The van der Waals surface area contributed by atoms with E-state index < -0.39 is 48.4 Å². The van der Waals surface area contributed by atoms with E-state index in [0.29, 0.717) is 0 Å². The quantitative estimate of drug-likeness (QED) is 0.918. The Bertz CT molecular complexity index is 655. The van der Waals surface area contributed by atoms with Crippen molar-refractivity contribution in [3.63, 3.8) is 0 Å². The van der Waals surface area contributed by atoms with E-state index in [4.69, 9.17) is 5.11 Å². The number of carbonyl (C=O) groups is 2. The van der Waals surface area contributed by atoms with Crippen LogP contribution in [0.3, 0.4) is 0 Å². The van der Waals surface area contributed by atoms with E-state index in [0.717, 1.165) is 16.0 Å². The van der Waals surface area contributed by atoms with Gasteiger partial charge in [-0.05, 0) is 31.9 Å². The topological polar surface area (TPSA) is 57.6 Å². The number of carboxylic acids is 1. The fourth-order valence-electron chi connectivity index (χ4n) is 3.34. The number of carbonyl (C=O) groups excluding carboxylic acids is 1. The van der Waals surface area contributed by atoms with Crippen molar-refractivity contribution in [3.8, 4) is 0 Å². The molecule has 0 aliphatic carbocycles. The predicted molar refractivity (Wildman–Crippen MR) is 81.5 cm³/mol. The van der Waals surface area contributed by atoms with Crippen LogP contribution in [0.1, 0.15) is 25.0 Å². The van der Waals surface area contributed by atoms with Gasteiger partial charge in [-0.25, -0.2) is 0 Å². The molecule has 1 heterocycles. The Hall–Kier alpha value is -2.05. The van der Waals surface area contributed by atoms with Gasteiger partial charge in [0.1, 0.15) is 0 Å². The molecule has 2 rings (SSSR count). The van der Waals surface area contributed by atoms with Crippen LogP contribution in [0.5, 0.6) is 0 Å². The number of hydrogen-bond acceptors (Lipinski definition) is 2. The van der Waals surface area contributed by atoms with Crippen LogP contribution in [0.15, 0.2) is 24.3 Å². The highest BCUT2D eigenvalue weighted by Gasteiger charge is 2.54. The van der Waals surface area contributed by atoms with Crippen molar-refractivity contribution >= 4 is 11.9 Å². The van der Waals surface area contributed by atoms with E-state index in [1.807, 2.05) is 19.1 Å². The van der Waals surface area contributed by atoms with Gasteiger partial charge in [0.2, 0.25) is 5.91 Å². The fourth-order valence-corrected chi connectivity index (χ4v) is 3.34. The molecule has 1 aromatic carbocycles. The van der Waals surface area contributed by atoms with E-state index in [9.17, 15) is 22.8 Å². The summed E-state index contributed by atoms with van der Waals surface area (Å²) in [6.07, 6.45) is -4.65. The van der Waals surface area contributed by atoms with E-state index in [-0.39, 0.29) is 0 Å². The van der Waals surface area contributed by atoms with Crippen molar-refractivity contribution in [2.75, 3.05) is 13.1 Å². The average molecular weight is 343 g/mol. The van der Waals surface area contributed by atoms with Crippen LogP contribution in [0.2, 0.25) is 0 Å². The van der Waals surface area contributed by atoms with Crippen LogP contribution in [0, 0.1) is 18.8 Å². The highest BCUT2D eigenvalue weighted by molar-refractivity contribution is 5.88. The van der Waals surface area contributed by atoms with Crippen LogP contribution >= 0.6 is 0 Å². The Morgan fingerprint density at radius 2 is 1.75 bits per heavy atom. The van der Waals surface area contributed by atoms with E-state index in [2.05, 4.69) is 0 Å². The summed E-state index contributed by atoms with van der Waals surface area (Å²) in [5.74, 6) is -5.68. The predicted octanol–water partition coefficient (Wildman–Crippen LogP) is 2.99. The van der Waals surface area contributed by atoms with Gasteiger partial charge in [-0.1, -0.05) is 24.3 Å². The highest BCUT2D eigenvalue weighted by Crippen LogP contribution is 2.39. The summed E-state index contributed by atoms with van der Waals surface area (Å²) in [6, 6.07) is 7.17. The largest absolute Gasteiger partial charge is 0.481 e. The zero-order chi connectivity index (χ0) is 18.3. The molecular formula is C17H20F3NO3. The summed E-state index contributed by atoms with van der Waals surface area (Å²) in [7, 11) is 0. The molecule has 1 fully saturated rings. The normalized spacial score (nSPS) is 21.8. The number of benzene rings is 1. The van der Waals surface area contributed by atoms with E-state index >= 15 is 0 Å². The standard InChI is InChI=1S/C17H20F3NO3/c1-10-6-4-5-7-12(10)16(2,3)15(24)21-8-11(14(22)23)13(9-21)17(18,19)20/h4-7,11,13H,8-9H2,1-3H3,(H,22,23)/t11-,13-/m1/s1. The first-order valence-electron chi connectivity index (χ1n) is 7.61. The molecule has 1 aliphatic heterocycles. The maximum atomic E-state index is 13.1. The van der Waals surface area contributed by atoms with Gasteiger partial charge in [0.05, 0.1) is 17.3 Å². The van der Waals surface area contributed by atoms with Crippen LogP contribution in [0.4, 0.5) is 13.2 Å². The Morgan fingerprint density at radius 1 is 1.17 bits per heavy atom. The second-order valence-electron chi connectivity index (χ2n) is 6.74. The molecule has 0 saturated carbocycles. The SMILES string of the molecule is Cc1ccccc1C(C)(C)C(=O)N1C[C@@H](C(F)(F)F)[C@H](C(=O)O)C1. The first kappa shape index (κ1) is 18.3. The van der Waals surface area contributed by atoms with Gasteiger partial charge >= 0.3 is 12.1 Å². The Kier molecular flexibility index (Phi) is 4.65. The molecule has 0 unspecified atom stereocenters. The lowest BCUT2D eigenvalue weighted by Crippen LogP contribution is -2.43. The lowest BCUT2D eigenvalue weighted by atomic mass is 9.81. The Balaban J connectivity index is 2.30. The number of rotatable bonds is 3. The van der Waals surface area contributed by atoms with Crippen molar-refractivity contribution in [1.82, 2.24) is 4.90 Å². The molecule has 0 spiro atoms. The number of nitrogens with zero attached hydrogens (tertiary/aromatic N) is 1. The smallest absolute Gasteiger partial charge is 0.394 e. The summed E-state index contributed by atoms with van der Waals surface area (Å²) in [6.45, 7) is 4.08. The highest BCUT2D eigenvalue weighted by atomic mass is 19.4. The van der Waals surface area contributed by atoms with Gasteiger partial charge in [-0.2, -0.15) is 13.2 Å². The van der Waals surface area contributed by atoms with Crippen molar-refractivity contribution in [1.29, 1.82) is 0 Å². The zero-order valence-corrected chi connectivity index (χ0v) is 13.7. The number of hydrogen-bond donors (Lipinski definition) is 1. The minimum Gasteiger partial charge on any atom is -0.481 e. The van der Waals surface area contributed by atoms with Crippen LogP contribution in [-0.4, -0.2) is 41.1 Å². The maximum absolute atomic E-state index is 13.1. The molecule has 0 radical (unpaired) electrons. The van der Waals surface area contributed by atoms with Gasteiger partial charge in [0.25, 0.3) is 0 Å². The first-order chi connectivity index (χ1) is 11.0. The summed E-state index contributed by atoms with van der Waals surface area (Å²) in [5, 5.41) is 9.07. The number of alkyl halides is 3. The molecular weight excluding hydrogens is 323 g/mol. The van der Waals surface area contributed by atoms with Gasteiger partial charge in [0.15, 0.2) is 0 Å². The third-order valence-electron chi connectivity index (χ3n) is 4.70. The molecule has 1 saturated heterocycles. The molecule has 1 N–H and O–H groups in total. The number of aryl methyl sites for hydroxylation is 1. The molecule has 1 amide bonds. The third kappa shape index (κ3) is 3.25. The molecule has 0 bridgehead atoms. The van der Waals surface area contributed by atoms with Gasteiger partial charge in [-0.3, -0.25) is 9.59 Å². The minimum atomic E-state index is -4.65. The molecule has 24 heavy (non-hydrogen) atoms. The number of halogens is 3. The van der Waals surface area contributed by atoms with Crippen molar-refractivity contribution < 1.29 is 27.9 Å². The summed E-state index contributed by atoms with van der Waals surface area (Å²) in [4.78, 5) is 25.0. The average Bonchev–Trinajstić information content (AvgIpc) is 2.92. The first-order valence-corrected chi connectivity index (χ1v) is 7.61. The fraction of sp³-hybridized carbons (Fsp3) is 0.529. The van der Waals surface area contributed by atoms with Gasteiger partial charge in [-0.15, -0.1) is 0 Å². The van der Waals surface area contributed by atoms with Gasteiger partial charge in [0, 0.05) is 13.1 Å². The zero-order valence-electron chi connectivity index (χ0n) is 13.7. The van der Waals surface area contributed by atoms with Gasteiger partial charge < -0.3 is 10.0 Å². The monoisotopic (exact) mass is 343 g/mol. The van der Waals surface area contributed by atoms with Crippen LogP contribution < -0.4 is 0 Å². The second kappa shape index (κ2) is 6.11. The lowest BCUT2D eigenvalue weighted by Gasteiger charge is -2.31.